The molecule has 54 valence electrons. The van der Waals surface area contributed by atoms with Gasteiger partial charge in [-0.3, -0.25) is 0 Å². The first-order valence-electron chi connectivity index (χ1n) is 2.73. The monoisotopic (exact) mass is 152 g/mol. The topological polar surface area (TPSA) is 57.5 Å². The zero-order valence-electron chi connectivity index (χ0n) is 7.11. The summed E-state index contributed by atoms with van der Waals surface area (Å²) < 4.78 is 0. The van der Waals surface area contributed by atoms with Gasteiger partial charge in [0.1, 0.15) is 11.3 Å². The Balaban J connectivity index is 0. The second kappa shape index (κ2) is 6.23. The van der Waals surface area contributed by atoms with Crippen LogP contribution in [-0.4, -0.2) is 53.9 Å². The zero-order chi connectivity index (χ0) is 7.56. The number of aromatic hydroxyl groups is 1. The van der Waals surface area contributed by atoms with Crippen LogP contribution in [0.15, 0.2) is 24.3 Å². The molecule has 0 fully saturated rings. The van der Waals surface area contributed by atoms with Crippen molar-refractivity contribution in [3.63, 3.8) is 0 Å². The number of hydrogen-bond acceptors (Lipinski definition) is 2. The molecule has 2 N–H and O–H groups in total. The van der Waals surface area contributed by atoms with Gasteiger partial charge in [-0.25, -0.2) is 4.79 Å². The van der Waals surface area contributed by atoms with E-state index in [9.17, 15) is 4.79 Å². The van der Waals surface area contributed by atoms with E-state index in [1.165, 1.54) is 12.1 Å². The predicted octanol–water partition coefficient (Wildman–Crippen LogP) is 0.329. The third-order valence-corrected chi connectivity index (χ3v) is 1.13. The summed E-state index contributed by atoms with van der Waals surface area (Å²) in [6.07, 6.45) is 0. The third kappa shape index (κ3) is 3.39. The van der Waals surface area contributed by atoms with E-state index in [1.54, 1.807) is 12.1 Å². The standard InChI is InChI=1S/C7H6O3.2Li/c8-6-4-2-1-3-5(6)7(9)10;;/h1-4,8H,(H,9,10);;. The van der Waals surface area contributed by atoms with Crippen LogP contribution >= 0.6 is 0 Å². The first-order valence-corrected chi connectivity index (χ1v) is 2.73. The molecule has 3 nitrogen and oxygen atoms in total. The third-order valence-electron chi connectivity index (χ3n) is 1.13. The molecular formula is C7H6Li2O3. The fourth-order valence-corrected chi connectivity index (χ4v) is 0.654. The minimum Gasteiger partial charge on any atom is -0.507 e. The number of carboxylic acids is 1. The van der Waals surface area contributed by atoms with E-state index in [1.807, 2.05) is 0 Å². The fourth-order valence-electron chi connectivity index (χ4n) is 0.654. The van der Waals surface area contributed by atoms with Gasteiger partial charge in [0, 0.05) is 37.7 Å². The van der Waals surface area contributed by atoms with Crippen LogP contribution in [0.25, 0.3) is 0 Å². The Morgan fingerprint density at radius 2 is 1.67 bits per heavy atom. The molecule has 0 unspecified atom stereocenters. The van der Waals surface area contributed by atoms with Crippen LogP contribution in [0.2, 0.25) is 0 Å². The molecule has 0 saturated carbocycles. The average Bonchev–Trinajstić information content (AvgIpc) is 1.88. The normalized spacial score (nSPS) is 7.67. The van der Waals surface area contributed by atoms with E-state index < -0.39 is 5.97 Å². The Kier molecular flexibility index (Phi) is 7.38. The van der Waals surface area contributed by atoms with Crippen molar-refractivity contribution in [3.05, 3.63) is 29.8 Å². The minimum atomic E-state index is -1.11. The van der Waals surface area contributed by atoms with Gasteiger partial charge in [-0.05, 0) is 12.1 Å². The van der Waals surface area contributed by atoms with Gasteiger partial charge in [-0.1, -0.05) is 12.1 Å². The molecule has 0 atom stereocenters. The van der Waals surface area contributed by atoms with Crippen LogP contribution in [0.5, 0.6) is 5.75 Å². The summed E-state index contributed by atoms with van der Waals surface area (Å²) in [5.74, 6) is -1.31. The first kappa shape index (κ1) is 14.2. The molecule has 1 aromatic rings. The summed E-state index contributed by atoms with van der Waals surface area (Å²) >= 11 is 0. The Morgan fingerprint density at radius 3 is 2.00 bits per heavy atom. The van der Waals surface area contributed by atoms with Crippen molar-refractivity contribution in [2.45, 2.75) is 0 Å². The molecular weight excluding hydrogens is 146 g/mol. The van der Waals surface area contributed by atoms with Crippen molar-refractivity contribution in [2.75, 3.05) is 0 Å². The molecule has 0 amide bonds. The summed E-state index contributed by atoms with van der Waals surface area (Å²) in [5, 5.41) is 17.3. The van der Waals surface area contributed by atoms with Crippen LogP contribution in [0.4, 0.5) is 0 Å². The second-order valence-corrected chi connectivity index (χ2v) is 1.82. The maximum absolute atomic E-state index is 10.3. The van der Waals surface area contributed by atoms with Gasteiger partial charge < -0.3 is 10.2 Å². The number of para-hydroxylation sites is 1. The number of carboxylic acid groups (broad SMARTS) is 1. The number of aromatic carboxylic acids is 1. The van der Waals surface area contributed by atoms with Gasteiger partial charge >= 0.3 is 5.97 Å². The van der Waals surface area contributed by atoms with Gasteiger partial charge in [-0.2, -0.15) is 0 Å². The van der Waals surface area contributed by atoms with E-state index in [2.05, 4.69) is 0 Å². The molecule has 0 aliphatic rings. The van der Waals surface area contributed by atoms with Crippen LogP contribution < -0.4 is 0 Å². The van der Waals surface area contributed by atoms with E-state index in [4.69, 9.17) is 10.2 Å². The zero-order valence-corrected chi connectivity index (χ0v) is 7.11. The molecule has 5 heteroatoms. The largest absolute Gasteiger partial charge is 0.507 e. The van der Waals surface area contributed by atoms with E-state index in [-0.39, 0.29) is 49.0 Å². The summed E-state index contributed by atoms with van der Waals surface area (Å²) in [6.45, 7) is 0. The van der Waals surface area contributed by atoms with Gasteiger partial charge in [0.05, 0.1) is 0 Å². The van der Waals surface area contributed by atoms with Gasteiger partial charge in [0.15, 0.2) is 0 Å². The fraction of sp³-hybridized carbons (Fsp3) is 0. The molecule has 0 heterocycles. The quantitative estimate of drug-likeness (QED) is 0.570. The van der Waals surface area contributed by atoms with E-state index >= 15 is 0 Å². The van der Waals surface area contributed by atoms with Gasteiger partial charge in [-0.15, -0.1) is 0 Å². The predicted molar refractivity (Wildman–Crippen MR) is 46.6 cm³/mol. The number of benzene rings is 1. The average molecular weight is 152 g/mol. The molecule has 1 rings (SSSR count). The Bertz CT molecular complexity index is 263. The molecule has 0 aliphatic heterocycles. The summed E-state index contributed by atoms with van der Waals surface area (Å²) in [6, 6.07) is 5.81. The van der Waals surface area contributed by atoms with Crippen LogP contribution in [0.1, 0.15) is 10.4 Å². The second-order valence-electron chi connectivity index (χ2n) is 1.82. The van der Waals surface area contributed by atoms with Gasteiger partial charge in [0.2, 0.25) is 0 Å². The molecule has 0 aromatic heterocycles. The van der Waals surface area contributed by atoms with Crippen molar-refractivity contribution in [3.8, 4) is 5.75 Å². The van der Waals surface area contributed by atoms with Crippen molar-refractivity contribution >= 4 is 43.7 Å². The van der Waals surface area contributed by atoms with Crippen molar-refractivity contribution < 1.29 is 15.0 Å². The molecule has 1 aromatic carbocycles. The van der Waals surface area contributed by atoms with E-state index in [0.717, 1.165) is 0 Å². The molecule has 0 bridgehead atoms. The van der Waals surface area contributed by atoms with Crippen molar-refractivity contribution in [2.24, 2.45) is 0 Å². The molecule has 0 spiro atoms. The SMILES string of the molecule is O=C(O)c1ccccc1O.[Li].[Li]. The molecule has 12 heavy (non-hydrogen) atoms. The number of phenols is 1. The van der Waals surface area contributed by atoms with Crippen LogP contribution in [0, 0.1) is 0 Å². The minimum absolute atomic E-state index is 0. The van der Waals surface area contributed by atoms with Gasteiger partial charge in [0.25, 0.3) is 0 Å². The number of hydrogen-bond donors (Lipinski definition) is 2. The van der Waals surface area contributed by atoms with Crippen molar-refractivity contribution in [1.82, 2.24) is 0 Å². The van der Waals surface area contributed by atoms with Crippen LogP contribution in [-0.2, 0) is 0 Å². The number of rotatable bonds is 1. The smallest absolute Gasteiger partial charge is 0.339 e. The Hall–Kier alpha value is -0.315. The van der Waals surface area contributed by atoms with Crippen molar-refractivity contribution in [1.29, 1.82) is 0 Å². The first-order chi connectivity index (χ1) is 4.72. The summed E-state index contributed by atoms with van der Waals surface area (Å²) in [7, 11) is 0. The molecule has 2 radical (unpaired) electrons. The summed E-state index contributed by atoms with van der Waals surface area (Å²) in [4.78, 5) is 10.3. The maximum Gasteiger partial charge on any atom is 0.339 e. The summed E-state index contributed by atoms with van der Waals surface area (Å²) in [5.41, 5.74) is -0.0671. The van der Waals surface area contributed by atoms with E-state index in [0.29, 0.717) is 0 Å². The maximum atomic E-state index is 10.3. The molecule has 0 saturated heterocycles. The molecule has 0 aliphatic carbocycles. The van der Waals surface area contributed by atoms with Crippen LogP contribution in [0.3, 0.4) is 0 Å². The Labute approximate surface area is 94.1 Å². The number of carbonyl (C=O) groups is 1. The Morgan fingerprint density at radius 1 is 1.17 bits per heavy atom.